The van der Waals surface area contributed by atoms with Crippen molar-refractivity contribution in [3.63, 3.8) is 0 Å². The van der Waals surface area contributed by atoms with Gasteiger partial charge < -0.3 is 14.2 Å². The zero-order valence-electron chi connectivity index (χ0n) is 17.8. The fraction of sp³-hybridized carbons (Fsp3) is 0.476. The molecule has 0 spiro atoms. The Hall–Kier alpha value is -2.36. The smallest absolute Gasteiger partial charge is 0.414 e. The highest BCUT2D eigenvalue weighted by atomic mass is 32.2. The maximum atomic E-state index is 12.9. The number of ether oxygens (including phenoxy) is 3. The number of hydrogen-bond acceptors (Lipinski definition) is 7. The van der Waals surface area contributed by atoms with Gasteiger partial charge in [-0.2, -0.15) is 8.42 Å². The van der Waals surface area contributed by atoms with Crippen LogP contribution in [0.2, 0.25) is 0 Å². The lowest BCUT2D eigenvalue weighted by Crippen LogP contribution is -2.36. The first-order valence-corrected chi connectivity index (χ1v) is 11.3. The van der Waals surface area contributed by atoms with Crippen LogP contribution in [-0.2, 0) is 23.8 Å². The van der Waals surface area contributed by atoms with Crippen molar-refractivity contribution in [3.8, 4) is 5.75 Å². The highest BCUT2D eigenvalue weighted by molar-refractivity contribution is 7.85. The van der Waals surface area contributed by atoms with E-state index in [1.807, 2.05) is 24.3 Å². The summed E-state index contributed by atoms with van der Waals surface area (Å²) in [5.74, 6) is 0.216. The number of methoxy groups -OCH3 is 1. The Kier molecular flexibility index (Phi) is 6.26. The van der Waals surface area contributed by atoms with Crippen LogP contribution in [0.25, 0.3) is 10.8 Å². The van der Waals surface area contributed by atoms with Crippen LogP contribution in [-0.4, -0.2) is 53.4 Å². The monoisotopic (exact) mass is 437 g/mol. The van der Waals surface area contributed by atoms with Crippen LogP contribution in [0.4, 0.5) is 10.5 Å². The summed E-state index contributed by atoms with van der Waals surface area (Å²) in [6, 6.07) is 9.36. The Morgan fingerprint density at radius 3 is 2.47 bits per heavy atom. The molecule has 30 heavy (non-hydrogen) atoms. The molecule has 0 radical (unpaired) electrons. The third-order valence-corrected chi connectivity index (χ3v) is 5.12. The molecule has 2 aromatic carbocycles. The van der Waals surface area contributed by atoms with E-state index in [0.29, 0.717) is 11.4 Å². The first kappa shape index (κ1) is 22.3. The van der Waals surface area contributed by atoms with Gasteiger partial charge in [0.1, 0.15) is 11.4 Å². The second kappa shape index (κ2) is 8.41. The van der Waals surface area contributed by atoms with E-state index in [1.54, 1.807) is 26.8 Å². The Morgan fingerprint density at radius 1 is 1.20 bits per heavy atom. The van der Waals surface area contributed by atoms with Gasteiger partial charge in [-0.05, 0) is 31.7 Å². The summed E-state index contributed by atoms with van der Waals surface area (Å²) in [7, 11) is -2.10. The zero-order chi connectivity index (χ0) is 22.1. The van der Waals surface area contributed by atoms with E-state index in [-0.39, 0.29) is 25.9 Å². The molecular formula is C21H27NO7S. The zero-order valence-corrected chi connectivity index (χ0v) is 18.6. The van der Waals surface area contributed by atoms with E-state index in [1.165, 1.54) is 12.0 Å². The molecule has 1 aliphatic rings. The molecule has 0 N–H and O–H groups in total. The van der Waals surface area contributed by atoms with Crippen molar-refractivity contribution in [2.75, 3.05) is 38.2 Å². The fourth-order valence-corrected chi connectivity index (χ4v) is 3.90. The number of rotatable bonds is 6. The molecule has 0 fully saturated rings. The third-order valence-electron chi connectivity index (χ3n) is 4.56. The molecular weight excluding hydrogens is 410 g/mol. The van der Waals surface area contributed by atoms with Crippen molar-refractivity contribution in [3.05, 3.63) is 35.9 Å². The van der Waals surface area contributed by atoms with Crippen LogP contribution in [0.1, 0.15) is 32.3 Å². The molecule has 0 saturated heterocycles. The lowest BCUT2D eigenvalue weighted by Gasteiger charge is -2.25. The molecule has 0 aromatic heterocycles. The van der Waals surface area contributed by atoms with Gasteiger partial charge in [-0.25, -0.2) is 4.79 Å². The van der Waals surface area contributed by atoms with Crippen LogP contribution in [0.5, 0.6) is 5.75 Å². The maximum Gasteiger partial charge on any atom is 0.414 e. The Bertz CT molecular complexity index is 1040. The van der Waals surface area contributed by atoms with E-state index in [9.17, 15) is 13.2 Å². The van der Waals surface area contributed by atoms with E-state index in [4.69, 9.17) is 18.4 Å². The summed E-state index contributed by atoms with van der Waals surface area (Å²) < 4.78 is 44.6. The molecule has 1 atom stereocenters. The van der Waals surface area contributed by atoms with Crippen molar-refractivity contribution in [2.24, 2.45) is 0 Å². The van der Waals surface area contributed by atoms with Gasteiger partial charge in [0.05, 0.1) is 18.6 Å². The van der Waals surface area contributed by atoms with Gasteiger partial charge in [0, 0.05) is 31.0 Å². The van der Waals surface area contributed by atoms with Crippen LogP contribution in [0, 0.1) is 0 Å². The Labute approximate surface area is 176 Å². The first-order valence-electron chi connectivity index (χ1n) is 9.52. The number of carbonyl (C=O) groups excluding carboxylic acids is 1. The minimum absolute atomic E-state index is 0.0514. The molecule has 164 valence electrons. The molecule has 0 aliphatic carbocycles. The van der Waals surface area contributed by atoms with E-state index in [0.717, 1.165) is 22.6 Å². The second-order valence-electron chi connectivity index (χ2n) is 8.18. The van der Waals surface area contributed by atoms with Crippen molar-refractivity contribution in [2.45, 2.75) is 32.3 Å². The largest absolute Gasteiger partial charge is 0.467 e. The van der Waals surface area contributed by atoms with Gasteiger partial charge in [0.2, 0.25) is 0 Å². The van der Waals surface area contributed by atoms with Gasteiger partial charge in [0.15, 0.2) is 6.79 Å². The average molecular weight is 438 g/mol. The van der Waals surface area contributed by atoms with Crippen molar-refractivity contribution < 1.29 is 31.6 Å². The molecule has 9 heteroatoms. The minimum Gasteiger partial charge on any atom is -0.467 e. The second-order valence-corrected chi connectivity index (χ2v) is 9.82. The quantitative estimate of drug-likeness (QED) is 0.503. The molecule has 1 amide bonds. The van der Waals surface area contributed by atoms with Gasteiger partial charge in [-0.1, -0.05) is 24.3 Å². The summed E-state index contributed by atoms with van der Waals surface area (Å²) >= 11 is 0. The predicted octanol–water partition coefficient (Wildman–Crippen LogP) is 3.64. The number of carbonyl (C=O) groups is 1. The Balaban J connectivity index is 2.12. The number of nitrogens with zero attached hydrogens (tertiary/aromatic N) is 1. The molecule has 2 aromatic rings. The molecule has 1 aliphatic heterocycles. The highest BCUT2D eigenvalue weighted by Gasteiger charge is 2.37. The number of hydrogen-bond donors (Lipinski definition) is 0. The maximum absolute atomic E-state index is 12.9. The van der Waals surface area contributed by atoms with E-state index >= 15 is 0 Å². The van der Waals surface area contributed by atoms with Crippen molar-refractivity contribution in [1.29, 1.82) is 0 Å². The highest BCUT2D eigenvalue weighted by Crippen LogP contribution is 2.45. The lowest BCUT2D eigenvalue weighted by molar-refractivity contribution is 0.0522. The Morgan fingerprint density at radius 2 is 1.87 bits per heavy atom. The fourth-order valence-electron chi connectivity index (χ4n) is 3.49. The summed E-state index contributed by atoms with van der Waals surface area (Å²) in [5, 5.41) is 1.69. The summed E-state index contributed by atoms with van der Waals surface area (Å²) in [6.45, 7) is 5.58. The predicted molar refractivity (Wildman–Crippen MR) is 114 cm³/mol. The average Bonchev–Trinajstić information content (AvgIpc) is 3.01. The van der Waals surface area contributed by atoms with Gasteiger partial charge >= 0.3 is 6.09 Å². The standard InChI is InChI=1S/C21H27NO7S/c1-21(2,3)29-20(23)22-11-14(12-28-30(5,24)25)19-16-9-7-6-8-15(16)18(10-17(19)22)27-13-26-4/h6-10,14H,11-13H2,1-5H3/t14-/m0/s1. The van der Waals surface area contributed by atoms with Crippen molar-refractivity contribution in [1.82, 2.24) is 0 Å². The summed E-state index contributed by atoms with van der Waals surface area (Å²) in [5.41, 5.74) is 0.756. The number of fused-ring (bicyclic) bond motifs is 3. The number of amides is 1. The van der Waals surface area contributed by atoms with Crippen molar-refractivity contribution >= 4 is 32.7 Å². The molecule has 0 bridgehead atoms. The van der Waals surface area contributed by atoms with Gasteiger partial charge in [-0.15, -0.1) is 0 Å². The van der Waals surface area contributed by atoms with Crippen LogP contribution in [0.15, 0.2) is 30.3 Å². The SMILES string of the molecule is COCOc1cc2c(c3ccccc13)[C@H](COS(C)(=O)=O)CN2C(=O)OC(C)(C)C. The molecule has 1 heterocycles. The van der Waals surface area contributed by atoms with Crippen LogP contribution < -0.4 is 9.64 Å². The van der Waals surface area contributed by atoms with Crippen LogP contribution >= 0.6 is 0 Å². The normalized spacial score (nSPS) is 16.6. The number of benzene rings is 2. The molecule has 0 unspecified atom stereocenters. The lowest BCUT2D eigenvalue weighted by atomic mass is 9.95. The third kappa shape index (κ3) is 5.03. The molecule has 8 nitrogen and oxygen atoms in total. The van der Waals surface area contributed by atoms with Gasteiger partial charge in [-0.3, -0.25) is 9.08 Å². The van der Waals surface area contributed by atoms with E-state index in [2.05, 4.69) is 0 Å². The first-order chi connectivity index (χ1) is 14.0. The summed E-state index contributed by atoms with van der Waals surface area (Å²) in [4.78, 5) is 14.4. The number of anilines is 1. The van der Waals surface area contributed by atoms with Crippen LogP contribution in [0.3, 0.4) is 0 Å². The topological polar surface area (TPSA) is 91.4 Å². The van der Waals surface area contributed by atoms with E-state index < -0.39 is 21.8 Å². The molecule has 0 saturated carbocycles. The minimum atomic E-state index is -3.63. The molecule has 3 rings (SSSR count). The summed E-state index contributed by atoms with van der Waals surface area (Å²) in [6.07, 6.45) is 0.493. The van der Waals surface area contributed by atoms with Gasteiger partial charge in [0.25, 0.3) is 10.1 Å².